The minimum atomic E-state index is -4.64. The fourth-order valence-electron chi connectivity index (χ4n) is 3.26. The summed E-state index contributed by atoms with van der Waals surface area (Å²) in [4.78, 5) is 28.6. The first-order chi connectivity index (χ1) is 14.4. The lowest BCUT2D eigenvalue weighted by atomic mass is 10.1. The van der Waals surface area contributed by atoms with Gasteiger partial charge in [0.15, 0.2) is 24.5 Å². The lowest BCUT2D eigenvalue weighted by molar-refractivity contribution is -0.689. The van der Waals surface area contributed by atoms with Gasteiger partial charge in [-0.15, -0.1) is 0 Å². The van der Waals surface area contributed by atoms with Crippen LogP contribution in [0.15, 0.2) is 77.9 Å². The number of pyridine rings is 1. The number of rotatable bonds is 4. The Kier molecular flexibility index (Phi) is 6.35. The van der Waals surface area contributed by atoms with Gasteiger partial charge in [0.25, 0.3) is 5.56 Å². The van der Waals surface area contributed by atoms with Gasteiger partial charge in [0.1, 0.15) is 0 Å². The van der Waals surface area contributed by atoms with Crippen LogP contribution in [-0.2, 0) is 12.7 Å². The number of aromatic nitrogens is 3. The zero-order chi connectivity index (χ0) is 21.3. The molecule has 5 nitrogen and oxygen atoms in total. The highest BCUT2D eigenvalue weighted by atomic mass is 79.9. The Hall–Kier alpha value is -3.33. The summed E-state index contributed by atoms with van der Waals surface area (Å²) in [5.74, 6) is 0.138. The number of aldehydes is 1. The standard InChI is InChI=1S/C22H15F3N3O2.BrH/c23-22(24,25)17-6-2-4-8-19(17)28-20(13-27-11-9-15(14-29)10-12-27)26-18-7-3-1-5-16(18)21(28)30;/h1-12,14H,13H2;1H/q+1;/p-1. The van der Waals surface area contributed by atoms with Crippen LogP contribution in [0.3, 0.4) is 0 Å². The van der Waals surface area contributed by atoms with Gasteiger partial charge in [-0.2, -0.15) is 17.7 Å². The van der Waals surface area contributed by atoms with E-state index in [0.29, 0.717) is 17.4 Å². The second-order valence-corrected chi connectivity index (χ2v) is 6.62. The molecule has 2 aromatic heterocycles. The third-order valence-corrected chi connectivity index (χ3v) is 4.67. The highest BCUT2D eigenvalue weighted by Crippen LogP contribution is 2.33. The van der Waals surface area contributed by atoms with Gasteiger partial charge < -0.3 is 17.0 Å². The van der Waals surface area contributed by atoms with Crippen molar-refractivity contribution in [1.82, 2.24) is 9.55 Å². The van der Waals surface area contributed by atoms with Crippen molar-refractivity contribution >= 4 is 17.2 Å². The number of halogens is 4. The minimum Gasteiger partial charge on any atom is -1.00 e. The number of carbonyl (C=O) groups excluding carboxylic acids is 1. The Morgan fingerprint density at radius 1 is 0.968 bits per heavy atom. The Morgan fingerprint density at radius 3 is 2.29 bits per heavy atom. The topological polar surface area (TPSA) is 55.8 Å². The number of alkyl halides is 3. The van der Waals surface area contributed by atoms with Crippen molar-refractivity contribution in [2.45, 2.75) is 12.7 Å². The van der Waals surface area contributed by atoms with Gasteiger partial charge in [0.2, 0.25) is 6.54 Å². The molecule has 158 valence electrons. The molecular weight excluding hydrogens is 475 g/mol. The van der Waals surface area contributed by atoms with Gasteiger partial charge in [-0.05, 0) is 24.3 Å². The number of nitrogens with zero attached hydrogens (tertiary/aromatic N) is 3. The van der Waals surface area contributed by atoms with Crippen LogP contribution < -0.4 is 27.1 Å². The van der Waals surface area contributed by atoms with Crippen LogP contribution in [-0.4, -0.2) is 15.8 Å². The smallest absolute Gasteiger partial charge is 0.418 e. The second-order valence-electron chi connectivity index (χ2n) is 6.62. The molecule has 0 aliphatic carbocycles. The molecule has 0 saturated carbocycles. The summed E-state index contributed by atoms with van der Waals surface area (Å²) < 4.78 is 43.6. The molecule has 4 rings (SSSR count). The van der Waals surface area contributed by atoms with Gasteiger partial charge in [0, 0.05) is 17.7 Å². The SMILES string of the molecule is O=Cc1cc[n+](Cc2nc3ccccc3c(=O)n2-c2ccccc2C(F)(F)F)cc1.[Br-]. The third kappa shape index (κ3) is 4.41. The van der Waals surface area contributed by atoms with Crippen LogP contribution in [0, 0.1) is 0 Å². The summed E-state index contributed by atoms with van der Waals surface area (Å²) in [6, 6.07) is 14.6. The van der Waals surface area contributed by atoms with Gasteiger partial charge in [-0.3, -0.25) is 14.2 Å². The maximum atomic E-state index is 13.6. The molecule has 0 amide bonds. The maximum Gasteiger partial charge on any atom is 0.418 e. The molecule has 0 aliphatic heterocycles. The molecule has 0 spiro atoms. The molecule has 0 bridgehead atoms. The summed E-state index contributed by atoms with van der Waals surface area (Å²) in [5.41, 5.74) is -0.946. The van der Waals surface area contributed by atoms with E-state index < -0.39 is 17.3 Å². The van der Waals surface area contributed by atoms with Crippen LogP contribution in [0.4, 0.5) is 13.2 Å². The number of benzene rings is 2. The first-order valence-electron chi connectivity index (χ1n) is 9.00. The number of hydrogen-bond donors (Lipinski definition) is 0. The minimum absolute atomic E-state index is 0. The molecule has 0 aliphatic rings. The van der Waals surface area contributed by atoms with Gasteiger partial charge in [-0.1, -0.05) is 24.3 Å². The lowest BCUT2D eigenvalue weighted by Gasteiger charge is -2.17. The Morgan fingerprint density at radius 2 is 1.61 bits per heavy atom. The van der Waals surface area contributed by atoms with E-state index in [9.17, 15) is 22.8 Å². The molecule has 0 unspecified atom stereocenters. The van der Waals surface area contributed by atoms with E-state index in [1.165, 1.54) is 24.3 Å². The summed E-state index contributed by atoms with van der Waals surface area (Å²) in [5, 5.41) is 0.222. The van der Waals surface area contributed by atoms with Crippen molar-refractivity contribution in [3.8, 4) is 5.69 Å². The molecule has 0 atom stereocenters. The average molecular weight is 490 g/mol. The van der Waals surface area contributed by atoms with E-state index in [1.54, 1.807) is 47.3 Å². The van der Waals surface area contributed by atoms with Crippen LogP contribution in [0.25, 0.3) is 16.6 Å². The first-order valence-corrected chi connectivity index (χ1v) is 9.00. The zero-order valence-corrected chi connectivity index (χ0v) is 17.5. The van der Waals surface area contributed by atoms with Crippen molar-refractivity contribution in [3.63, 3.8) is 0 Å². The fourth-order valence-corrected chi connectivity index (χ4v) is 3.26. The molecule has 31 heavy (non-hydrogen) atoms. The zero-order valence-electron chi connectivity index (χ0n) is 15.9. The van der Waals surface area contributed by atoms with Crippen molar-refractivity contribution in [2.24, 2.45) is 0 Å². The van der Waals surface area contributed by atoms with E-state index >= 15 is 0 Å². The second kappa shape index (κ2) is 8.81. The predicted molar refractivity (Wildman–Crippen MR) is 103 cm³/mol. The van der Waals surface area contributed by atoms with Crippen molar-refractivity contribution < 1.29 is 39.5 Å². The summed E-state index contributed by atoms with van der Waals surface area (Å²) in [6.45, 7) is 0.0331. The quantitative estimate of drug-likeness (QED) is 0.311. The van der Waals surface area contributed by atoms with Crippen LogP contribution in [0.1, 0.15) is 21.7 Å². The number of fused-ring (bicyclic) bond motifs is 1. The molecule has 9 heteroatoms. The predicted octanol–water partition coefficient (Wildman–Crippen LogP) is 0.557. The Bertz CT molecular complexity index is 1300. The number of hydrogen-bond acceptors (Lipinski definition) is 3. The molecule has 2 aromatic carbocycles. The van der Waals surface area contributed by atoms with E-state index in [2.05, 4.69) is 4.98 Å². The van der Waals surface area contributed by atoms with Crippen molar-refractivity contribution in [1.29, 1.82) is 0 Å². The van der Waals surface area contributed by atoms with Crippen molar-refractivity contribution in [2.75, 3.05) is 0 Å². The molecule has 2 heterocycles. The molecule has 0 radical (unpaired) electrons. The van der Waals surface area contributed by atoms with E-state index in [1.807, 2.05) is 0 Å². The summed E-state index contributed by atoms with van der Waals surface area (Å²) in [6.07, 6.45) is -0.748. The van der Waals surface area contributed by atoms with Gasteiger partial charge in [0.05, 0.1) is 22.2 Å². The largest absolute Gasteiger partial charge is 1.00 e. The fraction of sp³-hybridized carbons (Fsp3) is 0.0909. The highest BCUT2D eigenvalue weighted by Gasteiger charge is 2.34. The van der Waals surface area contributed by atoms with E-state index in [4.69, 9.17) is 0 Å². The lowest BCUT2D eigenvalue weighted by Crippen LogP contribution is -3.00. The highest BCUT2D eigenvalue weighted by molar-refractivity contribution is 5.78. The van der Waals surface area contributed by atoms with Gasteiger partial charge in [-0.25, -0.2) is 4.98 Å². The van der Waals surface area contributed by atoms with Crippen LogP contribution >= 0.6 is 0 Å². The Labute approximate surface area is 185 Å². The number of carbonyl (C=O) groups is 1. The molecule has 0 N–H and O–H groups in total. The average Bonchev–Trinajstić information content (AvgIpc) is 2.74. The van der Waals surface area contributed by atoms with Gasteiger partial charge >= 0.3 is 6.18 Å². The summed E-state index contributed by atoms with van der Waals surface area (Å²) in [7, 11) is 0. The van der Waals surface area contributed by atoms with Crippen LogP contribution in [0.5, 0.6) is 0 Å². The molecule has 0 saturated heterocycles. The number of para-hydroxylation sites is 2. The Balaban J connectivity index is 0.00000272. The third-order valence-electron chi connectivity index (χ3n) is 4.67. The maximum absolute atomic E-state index is 13.6. The monoisotopic (exact) mass is 489 g/mol. The molecular formula is C22H15BrF3N3O2. The molecule has 0 fully saturated rings. The van der Waals surface area contributed by atoms with Crippen molar-refractivity contribution in [3.05, 3.63) is 100 Å². The van der Waals surface area contributed by atoms with Crippen LogP contribution in [0.2, 0.25) is 0 Å². The van der Waals surface area contributed by atoms with E-state index in [-0.39, 0.29) is 40.4 Å². The summed E-state index contributed by atoms with van der Waals surface area (Å²) >= 11 is 0. The van der Waals surface area contributed by atoms with E-state index in [0.717, 1.165) is 10.6 Å². The normalized spacial score (nSPS) is 11.2. The molecule has 4 aromatic rings. The first kappa shape index (κ1) is 22.4.